The third kappa shape index (κ3) is 18.1. The quantitative estimate of drug-likeness (QED) is 0.223. The van der Waals surface area contributed by atoms with Crippen LogP contribution < -0.4 is 0 Å². The van der Waals surface area contributed by atoms with E-state index < -0.39 is 0 Å². The Morgan fingerprint density at radius 1 is 0.455 bits per heavy atom. The summed E-state index contributed by atoms with van der Waals surface area (Å²) in [6.45, 7) is 8.80. The van der Waals surface area contributed by atoms with E-state index in [2.05, 4.69) is 20.8 Å². The van der Waals surface area contributed by atoms with Crippen molar-refractivity contribution in [3.05, 3.63) is 6.92 Å². The standard InChI is InChI=1S/C22H45/c1-4-6-7-8-9-10-11-12-13-14-15-16-17-18-19-21-22(3)20-5-2/h22H,3-21H2,1-2H3. The molecule has 0 saturated heterocycles. The van der Waals surface area contributed by atoms with E-state index in [-0.39, 0.29) is 0 Å². The zero-order valence-electron chi connectivity index (χ0n) is 16.0. The Morgan fingerprint density at radius 2 is 0.818 bits per heavy atom. The number of hydrogen-bond donors (Lipinski definition) is 0. The van der Waals surface area contributed by atoms with E-state index in [1.54, 1.807) is 0 Å². The van der Waals surface area contributed by atoms with Crippen molar-refractivity contribution in [1.29, 1.82) is 0 Å². The number of hydrogen-bond acceptors (Lipinski definition) is 0. The topological polar surface area (TPSA) is 0 Å². The van der Waals surface area contributed by atoms with Crippen LogP contribution in [0.15, 0.2) is 0 Å². The van der Waals surface area contributed by atoms with E-state index in [0.29, 0.717) is 5.92 Å². The molecule has 0 heterocycles. The predicted molar refractivity (Wildman–Crippen MR) is 103 cm³/mol. The second-order valence-electron chi connectivity index (χ2n) is 7.39. The van der Waals surface area contributed by atoms with Gasteiger partial charge in [0, 0.05) is 0 Å². The van der Waals surface area contributed by atoms with Gasteiger partial charge in [0.2, 0.25) is 0 Å². The van der Waals surface area contributed by atoms with Crippen molar-refractivity contribution in [2.75, 3.05) is 0 Å². The van der Waals surface area contributed by atoms with Crippen molar-refractivity contribution in [2.45, 2.75) is 129 Å². The summed E-state index contributed by atoms with van der Waals surface area (Å²) in [4.78, 5) is 0. The van der Waals surface area contributed by atoms with Gasteiger partial charge in [0.25, 0.3) is 0 Å². The van der Waals surface area contributed by atoms with Crippen LogP contribution in [-0.4, -0.2) is 0 Å². The second kappa shape index (κ2) is 19.0. The van der Waals surface area contributed by atoms with Crippen LogP contribution in [0.5, 0.6) is 0 Å². The summed E-state index contributed by atoms with van der Waals surface area (Å²) in [5, 5.41) is 0. The molecule has 0 aliphatic carbocycles. The Hall–Kier alpha value is 0. The minimum Gasteiger partial charge on any atom is -0.0654 e. The van der Waals surface area contributed by atoms with E-state index >= 15 is 0 Å². The molecule has 0 aliphatic heterocycles. The van der Waals surface area contributed by atoms with Crippen molar-refractivity contribution < 1.29 is 0 Å². The minimum atomic E-state index is 0.715. The Kier molecular flexibility index (Phi) is 19.0. The summed E-state index contributed by atoms with van der Waals surface area (Å²) in [6, 6.07) is 0. The van der Waals surface area contributed by atoms with Gasteiger partial charge in [-0.15, -0.1) is 0 Å². The first-order chi connectivity index (χ1) is 10.8. The van der Waals surface area contributed by atoms with E-state index in [4.69, 9.17) is 0 Å². The zero-order chi connectivity index (χ0) is 16.3. The molecule has 0 saturated carbocycles. The highest BCUT2D eigenvalue weighted by molar-refractivity contribution is 4.60. The molecule has 0 rings (SSSR count). The average molecular weight is 310 g/mol. The molecule has 0 aromatic carbocycles. The van der Waals surface area contributed by atoms with Gasteiger partial charge >= 0.3 is 0 Å². The predicted octanol–water partition coefficient (Wildman–Crippen LogP) is 8.50. The smallest absolute Gasteiger partial charge is 0.0414 e. The molecule has 1 radical (unpaired) electrons. The first kappa shape index (κ1) is 22.0. The molecule has 0 aliphatic rings. The lowest BCUT2D eigenvalue weighted by Gasteiger charge is -2.09. The Bertz CT molecular complexity index is 184. The molecule has 0 heteroatoms. The Morgan fingerprint density at radius 3 is 1.18 bits per heavy atom. The summed E-state index contributed by atoms with van der Waals surface area (Å²) in [5.74, 6) is 0.715. The fourth-order valence-electron chi connectivity index (χ4n) is 3.36. The van der Waals surface area contributed by atoms with E-state index in [0.717, 1.165) is 0 Å². The molecule has 0 aromatic heterocycles. The molecule has 0 N–H and O–H groups in total. The first-order valence-electron chi connectivity index (χ1n) is 10.6. The van der Waals surface area contributed by atoms with Crippen LogP contribution in [0.2, 0.25) is 0 Å². The van der Waals surface area contributed by atoms with Crippen molar-refractivity contribution >= 4 is 0 Å². The summed E-state index contributed by atoms with van der Waals surface area (Å²) < 4.78 is 0. The molecule has 0 aromatic rings. The molecule has 0 bridgehead atoms. The van der Waals surface area contributed by atoms with Crippen LogP contribution in [0, 0.1) is 12.8 Å². The molecule has 1 unspecified atom stereocenters. The third-order valence-corrected chi connectivity index (χ3v) is 4.91. The molecule has 22 heavy (non-hydrogen) atoms. The van der Waals surface area contributed by atoms with Gasteiger partial charge in [-0.2, -0.15) is 0 Å². The highest BCUT2D eigenvalue weighted by atomic mass is 14.1. The second-order valence-corrected chi connectivity index (χ2v) is 7.39. The van der Waals surface area contributed by atoms with Gasteiger partial charge in [-0.1, -0.05) is 136 Å². The van der Waals surface area contributed by atoms with Gasteiger partial charge in [-0.05, 0) is 5.92 Å². The van der Waals surface area contributed by atoms with Crippen LogP contribution in [0.1, 0.15) is 129 Å². The van der Waals surface area contributed by atoms with Crippen LogP contribution >= 0.6 is 0 Å². The normalized spacial score (nSPS) is 12.7. The zero-order valence-corrected chi connectivity index (χ0v) is 16.0. The van der Waals surface area contributed by atoms with Gasteiger partial charge < -0.3 is 0 Å². The molecular weight excluding hydrogens is 264 g/mol. The van der Waals surface area contributed by atoms with E-state index in [9.17, 15) is 0 Å². The van der Waals surface area contributed by atoms with Crippen molar-refractivity contribution in [3.63, 3.8) is 0 Å². The van der Waals surface area contributed by atoms with Gasteiger partial charge in [-0.25, -0.2) is 0 Å². The van der Waals surface area contributed by atoms with Gasteiger partial charge in [0.1, 0.15) is 0 Å². The van der Waals surface area contributed by atoms with Crippen LogP contribution in [-0.2, 0) is 0 Å². The largest absolute Gasteiger partial charge is 0.0654 e. The molecule has 0 nitrogen and oxygen atoms in total. The fourth-order valence-corrected chi connectivity index (χ4v) is 3.36. The van der Waals surface area contributed by atoms with Crippen molar-refractivity contribution in [1.82, 2.24) is 0 Å². The summed E-state index contributed by atoms with van der Waals surface area (Å²) >= 11 is 0. The van der Waals surface area contributed by atoms with E-state index in [1.165, 1.54) is 116 Å². The molecule has 0 fully saturated rings. The highest BCUT2D eigenvalue weighted by Gasteiger charge is 2.00. The maximum Gasteiger partial charge on any atom is -0.0414 e. The summed E-state index contributed by atoms with van der Waals surface area (Å²) in [7, 11) is 0. The molecule has 0 spiro atoms. The number of rotatable bonds is 18. The lowest BCUT2D eigenvalue weighted by Crippen LogP contribution is -1.94. The third-order valence-electron chi connectivity index (χ3n) is 4.91. The number of unbranched alkanes of at least 4 members (excludes halogenated alkanes) is 14. The SMILES string of the molecule is [CH2]C(CCC)CCCCCCCCCCCCCCCCC. The Balaban J connectivity index is 3.00. The van der Waals surface area contributed by atoms with Crippen LogP contribution in [0.3, 0.4) is 0 Å². The molecule has 1 atom stereocenters. The molecule has 133 valence electrons. The van der Waals surface area contributed by atoms with Gasteiger partial charge in [0.05, 0.1) is 0 Å². The maximum atomic E-state index is 4.23. The summed E-state index contributed by atoms with van der Waals surface area (Å²) in [5.41, 5.74) is 0. The van der Waals surface area contributed by atoms with Crippen LogP contribution in [0.4, 0.5) is 0 Å². The van der Waals surface area contributed by atoms with Crippen molar-refractivity contribution in [3.8, 4) is 0 Å². The van der Waals surface area contributed by atoms with Gasteiger partial charge in [0.15, 0.2) is 0 Å². The molecule has 0 amide bonds. The fraction of sp³-hybridized carbons (Fsp3) is 0.955. The van der Waals surface area contributed by atoms with Gasteiger partial charge in [-0.3, -0.25) is 0 Å². The maximum absolute atomic E-state index is 4.23. The molecular formula is C22H45. The van der Waals surface area contributed by atoms with E-state index in [1.807, 2.05) is 0 Å². The minimum absolute atomic E-state index is 0.715. The first-order valence-corrected chi connectivity index (χ1v) is 10.6. The van der Waals surface area contributed by atoms with Crippen LogP contribution in [0.25, 0.3) is 0 Å². The monoisotopic (exact) mass is 309 g/mol. The lowest BCUT2D eigenvalue weighted by atomic mass is 9.98. The summed E-state index contributed by atoms with van der Waals surface area (Å²) in [6.07, 6.45) is 25.8. The highest BCUT2D eigenvalue weighted by Crippen LogP contribution is 2.16. The lowest BCUT2D eigenvalue weighted by molar-refractivity contribution is 0.482. The van der Waals surface area contributed by atoms with Crippen molar-refractivity contribution in [2.24, 2.45) is 5.92 Å². The average Bonchev–Trinajstić information content (AvgIpc) is 2.51. The Labute approximate surface area is 142 Å².